The number of unbranched alkanes of at least 4 members (excludes halogenated alkanes) is 2. The van der Waals surface area contributed by atoms with E-state index in [9.17, 15) is 4.21 Å². The second-order valence-corrected chi connectivity index (χ2v) is 7.47. The molecule has 4 unspecified atom stereocenters. The van der Waals surface area contributed by atoms with Crippen LogP contribution in [0.2, 0.25) is 0 Å². The average molecular weight is 273 g/mol. The summed E-state index contributed by atoms with van der Waals surface area (Å²) in [6, 6.07) is 0.487. The maximum Gasteiger partial charge on any atom is 0.0503 e. The van der Waals surface area contributed by atoms with Gasteiger partial charge in [0.25, 0.3) is 0 Å². The Hall–Kier alpha value is 0.110. The molecule has 3 heteroatoms. The van der Waals surface area contributed by atoms with Gasteiger partial charge >= 0.3 is 0 Å². The van der Waals surface area contributed by atoms with Gasteiger partial charge < -0.3 is 5.32 Å². The molecule has 1 aliphatic carbocycles. The molecule has 0 aromatic heterocycles. The van der Waals surface area contributed by atoms with Gasteiger partial charge in [-0.25, -0.2) is 0 Å². The summed E-state index contributed by atoms with van der Waals surface area (Å²) in [5.41, 5.74) is 0. The minimum absolute atomic E-state index is 0.400. The van der Waals surface area contributed by atoms with Gasteiger partial charge in [-0.2, -0.15) is 0 Å². The standard InChI is InChI=1S/C15H31NOS/c1-4-6-7-11-18(17)15-12-13(8-5-2)9-10-14(15)16-3/h13-16H,4-12H2,1-3H3. The van der Waals surface area contributed by atoms with Gasteiger partial charge in [-0.15, -0.1) is 0 Å². The van der Waals surface area contributed by atoms with Crippen LogP contribution < -0.4 is 5.32 Å². The van der Waals surface area contributed by atoms with Crippen LogP contribution in [-0.2, 0) is 10.8 Å². The molecule has 4 atom stereocenters. The molecule has 18 heavy (non-hydrogen) atoms. The quantitative estimate of drug-likeness (QED) is 0.686. The maximum atomic E-state index is 12.5. The van der Waals surface area contributed by atoms with Gasteiger partial charge in [0.15, 0.2) is 0 Å². The van der Waals surface area contributed by atoms with Crippen LogP contribution >= 0.6 is 0 Å². The second-order valence-electron chi connectivity index (χ2n) is 5.69. The van der Waals surface area contributed by atoms with Crippen LogP contribution in [0.3, 0.4) is 0 Å². The molecule has 0 aromatic rings. The van der Waals surface area contributed by atoms with E-state index in [2.05, 4.69) is 19.2 Å². The summed E-state index contributed by atoms with van der Waals surface area (Å²) < 4.78 is 12.5. The van der Waals surface area contributed by atoms with Crippen molar-refractivity contribution in [2.75, 3.05) is 12.8 Å². The second kappa shape index (κ2) is 9.08. The smallest absolute Gasteiger partial charge is 0.0503 e. The molecule has 108 valence electrons. The Morgan fingerprint density at radius 2 is 1.94 bits per heavy atom. The summed E-state index contributed by atoms with van der Waals surface area (Å²) in [5, 5.41) is 3.80. The minimum Gasteiger partial charge on any atom is -0.316 e. The fourth-order valence-electron chi connectivity index (χ4n) is 3.15. The lowest BCUT2D eigenvalue weighted by molar-refractivity contribution is 0.292. The molecular weight excluding hydrogens is 242 g/mol. The van der Waals surface area contributed by atoms with Crippen molar-refractivity contribution in [1.29, 1.82) is 0 Å². The van der Waals surface area contributed by atoms with Gasteiger partial charge in [-0.1, -0.05) is 39.5 Å². The van der Waals surface area contributed by atoms with E-state index in [1.807, 2.05) is 7.05 Å². The molecule has 1 fully saturated rings. The van der Waals surface area contributed by atoms with E-state index >= 15 is 0 Å². The lowest BCUT2D eigenvalue weighted by atomic mass is 9.83. The molecule has 0 aliphatic heterocycles. The number of hydrogen-bond acceptors (Lipinski definition) is 2. The summed E-state index contributed by atoms with van der Waals surface area (Å²) >= 11 is 0. The molecular formula is C15H31NOS. The van der Waals surface area contributed by atoms with Gasteiger partial charge in [0.1, 0.15) is 0 Å². The van der Waals surface area contributed by atoms with Crippen LogP contribution in [0.25, 0.3) is 0 Å². The molecule has 2 nitrogen and oxygen atoms in total. The van der Waals surface area contributed by atoms with E-state index in [-0.39, 0.29) is 0 Å². The van der Waals surface area contributed by atoms with E-state index in [0.29, 0.717) is 11.3 Å². The van der Waals surface area contributed by atoms with Crippen molar-refractivity contribution in [3.05, 3.63) is 0 Å². The van der Waals surface area contributed by atoms with Gasteiger partial charge in [0, 0.05) is 22.6 Å². The maximum absolute atomic E-state index is 12.5. The summed E-state index contributed by atoms with van der Waals surface area (Å²) in [6.45, 7) is 4.47. The normalized spacial score (nSPS) is 30.3. The Bertz CT molecular complexity index is 245. The zero-order valence-corrected chi connectivity index (χ0v) is 13.2. The van der Waals surface area contributed by atoms with Crippen molar-refractivity contribution < 1.29 is 4.21 Å². The first-order chi connectivity index (χ1) is 8.72. The average Bonchev–Trinajstić information content (AvgIpc) is 2.39. The summed E-state index contributed by atoms with van der Waals surface area (Å²) in [5.74, 6) is 1.73. The number of nitrogens with one attached hydrogen (secondary N) is 1. The minimum atomic E-state index is -0.625. The highest BCUT2D eigenvalue weighted by atomic mass is 32.2. The first kappa shape index (κ1) is 16.2. The molecule has 1 N–H and O–H groups in total. The van der Waals surface area contributed by atoms with Gasteiger partial charge in [0.2, 0.25) is 0 Å². The monoisotopic (exact) mass is 273 g/mol. The molecule has 0 saturated heterocycles. The molecule has 0 spiro atoms. The highest BCUT2D eigenvalue weighted by Crippen LogP contribution is 2.31. The van der Waals surface area contributed by atoms with E-state index in [0.717, 1.165) is 18.1 Å². The highest BCUT2D eigenvalue weighted by Gasteiger charge is 2.32. The molecule has 0 heterocycles. The Balaban J connectivity index is 2.48. The van der Waals surface area contributed by atoms with Crippen molar-refractivity contribution in [3.63, 3.8) is 0 Å². The lowest BCUT2D eigenvalue weighted by Crippen LogP contribution is -2.45. The first-order valence-electron chi connectivity index (χ1n) is 7.77. The Morgan fingerprint density at radius 3 is 2.56 bits per heavy atom. The van der Waals surface area contributed by atoms with Crippen molar-refractivity contribution >= 4 is 10.8 Å². The predicted molar refractivity (Wildman–Crippen MR) is 81.4 cm³/mol. The molecule has 1 saturated carbocycles. The van der Waals surface area contributed by atoms with Crippen molar-refractivity contribution in [2.45, 2.75) is 76.5 Å². The molecule has 0 bridgehead atoms. The van der Waals surface area contributed by atoms with Crippen molar-refractivity contribution in [2.24, 2.45) is 5.92 Å². The van der Waals surface area contributed by atoms with E-state index in [4.69, 9.17) is 0 Å². The fourth-order valence-corrected chi connectivity index (χ4v) is 5.07. The van der Waals surface area contributed by atoms with Gasteiger partial charge in [0.05, 0.1) is 5.25 Å². The van der Waals surface area contributed by atoms with Crippen LogP contribution in [0, 0.1) is 5.92 Å². The molecule has 0 aromatic carbocycles. The third-order valence-electron chi connectivity index (χ3n) is 4.25. The number of rotatable bonds is 8. The van der Waals surface area contributed by atoms with Crippen LogP contribution in [0.1, 0.15) is 65.2 Å². The van der Waals surface area contributed by atoms with Crippen LogP contribution in [-0.4, -0.2) is 28.3 Å². The zero-order valence-electron chi connectivity index (χ0n) is 12.4. The van der Waals surface area contributed by atoms with Crippen molar-refractivity contribution in [3.8, 4) is 0 Å². The Kier molecular flexibility index (Phi) is 8.16. The fraction of sp³-hybridized carbons (Fsp3) is 1.00. The third kappa shape index (κ3) is 5.00. The third-order valence-corrected chi connectivity index (χ3v) is 6.14. The van der Waals surface area contributed by atoms with E-state index < -0.39 is 10.8 Å². The highest BCUT2D eigenvalue weighted by molar-refractivity contribution is 7.85. The van der Waals surface area contributed by atoms with E-state index in [1.165, 1.54) is 44.9 Å². The van der Waals surface area contributed by atoms with E-state index in [1.54, 1.807) is 0 Å². The van der Waals surface area contributed by atoms with Crippen LogP contribution in [0.5, 0.6) is 0 Å². The predicted octanol–water partition coefficient (Wildman–Crippen LogP) is 3.48. The summed E-state index contributed by atoms with van der Waals surface area (Å²) in [7, 11) is 1.40. The van der Waals surface area contributed by atoms with Gasteiger partial charge in [-0.3, -0.25) is 4.21 Å². The van der Waals surface area contributed by atoms with Gasteiger partial charge in [-0.05, 0) is 38.6 Å². The largest absolute Gasteiger partial charge is 0.316 e. The topological polar surface area (TPSA) is 29.1 Å². The van der Waals surface area contributed by atoms with Crippen LogP contribution in [0.15, 0.2) is 0 Å². The molecule has 1 aliphatic rings. The summed E-state index contributed by atoms with van der Waals surface area (Å²) in [4.78, 5) is 0. The molecule has 1 rings (SSSR count). The molecule has 0 radical (unpaired) electrons. The Morgan fingerprint density at radius 1 is 1.17 bits per heavy atom. The summed E-state index contributed by atoms with van der Waals surface area (Å²) in [6.07, 6.45) is 9.87. The lowest BCUT2D eigenvalue weighted by Gasteiger charge is -2.35. The van der Waals surface area contributed by atoms with Crippen LogP contribution in [0.4, 0.5) is 0 Å². The Labute approximate surface area is 116 Å². The zero-order chi connectivity index (χ0) is 13.4. The SMILES string of the molecule is CCCCCS(=O)C1CC(CCC)CCC1NC. The number of hydrogen-bond donors (Lipinski definition) is 1. The van der Waals surface area contributed by atoms with Crippen molar-refractivity contribution in [1.82, 2.24) is 5.32 Å². The first-order valence-corrected chi connectivity index (χ1v) is 9.15. The molecule has 0 amide bonds.